The number of rotatable bonds is 7. The minimum atomic E-state index is -1.21. The van der Waals surface area contributed by atoms with Gasteiger partial charge in [0, 0.05) is 19.4 Å². The van der Waals surface area contributed by atoms with E-state index in [-0.39, 0.29) is 36.6 Å². The molecule has 3 atom stereocenters. The molecule has 0 aromatic heterocycles. The average Bonchev–Trinajstić information content (AvgIpc) is 3.40. The molecule has 3 aliphatic rings. The number of hydrazine groups is 1. The molecular weight excluding hydrogens is 512 g/mol. The number of Topliss-reactive ketones (excluding diaryl/α,β-unsaturated/α-hetero) is 1. The van der Waals surface area contributed by atoms with E-state index in [1.54, 1.807) is 41.1 Å². The Morgan fingerprint density at radius 2 is 1.67 bits per heavy atom. The van der Waals surface area contributed by atoms with Crippen molar-refractivity contribution >= 4 is 17.8 Å². The first-order valence-electron chi connectivity index (χ1n) is 12.9. The molecule has 1 amide bonds. The number of fused-ring (bicyclic) bond motifs is 2. The SMILES string of the molecule is CCOC(=O)OC(C)OC1=C2C(=O)N3CCC[C@@H]3[C@H](C(c3ccc(F)cc3)c3ccc(F)cc3)N2NCC1=O. The minimum Gasteiger partial charge on any atom is -0.449 e. The topological polar surface area (TPSA) is 97.4 Å². The van der Waals surface area contributed by atoms with Gasteiger partial charge in [0.25, 0.3) is 5.91 Å². The number of carbonyl (C=O) groups excluding carboxylic acids is 3. The summed E-state index contributed by atoms with van der Waals surface area (Å²) in [7, 11) is 0. The third-order valence-corrected chi connectivity index (χ3v) is 7.18. The zero-order chi connectivity index (χ0) is 27.7. The number of ether oxygens (including phenoxy) is 3. The van der Waals surface area contributed by atoms with Crippen LogP contribution in [0.3, 0.4) is 0 Å². The van der Waals surface area contributed by atoms with Gasteiger partial charge in [-0.3, -0.25) is 14.6 Å². The molecule has 2 aromatic carbocycles. The van der Waals surface area contributed by atoms with Gasteiger partial charge in [0.2, 0.25) is 12.1 Å². The molecule has 0 radical (unpaired) electrons. The van der Waals surface area contributed by atoms with E-state index in [0.29, 0.717) is 13.0 Å². The Morgan fingerprint density at radius 3 is 2.26 bits per heavy atom. The number of hydrogen-bond acceptors (Lipinski definition) is 8. The lowest BCUT2D eigenvalue weighted by Crippen LogP contribution is -2.66. The molecule has 1 unspecified atom stereocenters. The van der Waals surface area contributed by atoms with Gasteiger partial charge in [-0.2, -0.15) is 0 Å². The standard InChI is InChI=1S/C28H29F2N3O6/c1-3-37-28(36)39-16(2)38-26-22(34)15-31-33-24(21-5-4-14-32(21)27(35)25(26)33)23(17-6-10-19(29)11-7-17)18-8-12-20(30)13-9-18/h6-13,16,21,23-24,31H,3-5,14-15H2,1-2H3/t16?,21-,24-/m1/s1. The number of piperazine rings is 1. The highest BCUT2D eigenvalue weighted by molar-refractivity contribution is 6.06. The van der Waals surface area contributed by atoms with Crippen LogP contribution in [0.5, 0.6) is 0 Å². The average molecular weight is 542 g/mol. The Hall–Kier alpha value is -3.99. The van der Waals surface area contributed by atoms with Gasteiger partial charge in [0.05, 0.1) is 25.2 Å². The third kappa shape index (κ3) is 5.18. The lowest BCUT2D eigenvalue weighted by molar-refractivity contribution is -0.146. The van der Waals surface area contributed by atoms with E-state index in [2.05, 4.69) is 5.43 Å². The van der Waals surface area contributed by atoms with E-state index in [1.165, 1.54) is 31.2 Å². The first kappa shape index (κ1) is 26.6. The molecule has 0 spiro atoms. The largest absolute Gasteiger partial charge is 0.511 e. The highest BCUT2D eigenvalue weighted by Gasteiger charge is 2.53. The second kappa shape index (κ2) is 11.0. The van der Waals surface area contributed by atoms with Crippen LogP contribution >= 0.6 is 0 Å². The highest BCUT2D eigenvalue weighted by atomic mass is 19.1. The molecule has 2 fully saturated rings. The van der Waals surface area contributed by atoms with Crippen LogP contribution in [0.1, 0.15) is 43.7 Å². The van der Waals surface area contributed by atoms with Crippen molar-refractivity contribution in [3.63, 3.8) is 0 Å². The van der Waals surface area contributed by atoms with E-state index in [0.717, 1.165) is 17.5 Å². The molecule has 3 heterocycles. The van der Waals surface area contributed by atoms with Gasteiger partial charge in [0.15, 0.2) is 11.5 Å². The number of amides is 1. The molecule has 3 aliphatic heterocycles. The summed E-state index contributed by atoms with van der Waals surface area (Å²) in [6.07, 6.45) is -0.718. The number of ketones is 1. The Morgan fingerprint density at radius 1 is 1.05 bits per heavy atom. The lowest BCUT2D eigenvalue weighted by atomic mass is 9.79. The van der Waals surface area contributed by atoms with E-state index in [1.807, 2.05) is 0 Å². The molecule has 0 aliphatic carbocycles. The zero-order valence-corrected chi connectivity index (χ0v) is 21.6. The summed E-state index contributed by atoms with van der Waals surface area (Å²) in [5.74, 6) is -2.31. The first-order valence-corrected chi connectivity index (χ1v) is 12.9. The Labute approximate surface area is 224 Å². The summed E-state index contributed by atoms with van der Waals surface area (Å²) >= 11 is 0. The molecule has 39 heavy (non-hydrogen) atoms. The number of halogens is 2. The van der Waals surface area contributed by atoms with Crippen LogP contribution in [-0.2, 0) is 23.8 Å². The lowest BCUT2D eigenvalue weighted by Gasteiger charge is -2.51. The van der Waals surface area contributed by atoms with Crippen molar-refractivity contribution in [1.29, 1.82) is 0 Å². The Balaban J connectivity index is 1.61. The van der Waals surface area contributed by atoms with Crippen molar-refractivity contribution in [2.24, 2.45) is 0 Å². The minimum absolute atomic E-state index is 0.00272. The number of carbonyl (C=O) groups is 3. The van der Waals surface area contributed by atoms with Crippen LogP contribution in [0, 0.1) is 11.6 Å². The van der Waals surface area contributed by atoms with Gasteiger partial charge in [-0.05, 0) is 55.2 Å². The summed E-state index contributed by atoms with van der Waals surface area (Å²) < 4.78 is 43.4. The molecule has 2 aromatic rings. The third-order valence-electron chi connectivity index (χ3n) is 7.18. The summed E-state index contributed by atoms with van der Waals surface area (Å²) in [6.45, 7) is 3.46. The maximum Gasteiger partial charge on any atom is 0.511 e. The first-order chi connectivity index (χ1) is 18.8. The van der Waals surface area contributed by atoms with Gasteiger partial charge in [-0.15, -0.1) is 0 Å². The van der Waals surface area contributed by atoms with E-state index in [9.17, 15) is 23.2 Å². The van der Waals surface area contributed by atoms with Gasteiger partial charge in [0.1, 0.15) is 11.6 Å². The fourth-order valence-corrected chi connectivity index (χ4v) is 5.62. The summed E-state index contributed by atoms with van der Waals surface area (Å²) in [5.41, 5.74) is 4.61. The van der Waals surface area contributed by atoms with Gasteiger partial charge in [-0.1, -0.05) is 24.3 Å². The quantitative estimate of drug-likeness (QED) is 0.420. The van der Waals surface area contributed by atoms with Gasteiger partial charge < -0.3 is 19.1 Å². The molecule has 0 bridgehead atoms. The van der Waals surface area contributed by atoms with Crippen molar-refractivity contribution < 1.29 is 37.4 Å². The monoisotopic (exact) mass is 541 g/mol. The van der Waals surface area contributed by atoms with E-state index in [4.69, 9.17) is 14.2 Å². The summed E-state index contributed by atoms with van der Waals surface area (Å²) in [6, 6.07) is 11.4. The van der Waals surface area contributed by atoms with Crippen LogP contribution in [0.25, 0.3) is 0 Å². The van der Waals surface area contributed by atoms with Crippen LogP contribution in [0.4, 0.5) is 13.6 Å². The second-order valence-corrected chi connectivity index (χ2v) is 9.57. The number of nitrogens with zero attached hydrogens (tertiary/aromatic N) is 2. The van der Waals surface area contributed by atoms with Crippen molar-refractivity contribution in [3.8, 4) is 0 Å². The fraction of sp³-hybridized carbons (Fsp3) is 0.393. The van der Waals surface area contributed by atoms with E-state index < -0.39 is 41.8 Å². The zero-order valence-electron chi connectivity index (χ0n) is 21.6. The van der Waals surface area contributed by atoms with Crippen molar-refractivity contribution in [2.75, 3.05) is 19.7 Å². The van der Waals surface area contributed by atoms with Crippen LogP contribution in [0.15, 0.2) is 60.0 Å². The molecule has 5 rings (SSSR count). The van der Waals surface area contributed by atoms with Gasteiger partial charge >= 0.3 is 6.16 Å². The highest BCUT2D eigenvalue weighted by Crippen LogP contribution is 2.43. The summed E-state index contributed by atoms with van der Waals surface area (Å²) in [4.78, 5) is 40.3. The molecule has 1 N–H and O–H groups in total. The van der Waals surface area contributed by atoms with Crippen molar-refractivity contribution in [2.45, 2.75) is 51.0 Å². The maximum absolute atomic E-state index is 13.9. The Bertz CT molecular complexity index is 1240. The molecule has 11 heteroatoms. The van der Waals surface area contributed by atoms with E-state index >= 15 is 0 Å². The van der Waals surface area contributed by atoms with Crippen LogP contribution in [0.2, 0.25) is 0 Å². The van der Waals surface area contributed by atoms with Gasteiger partial charge in [-0.25, -0.2) is 19.0 Å². The molecule has 206 valence electrons. The molecule has 2 saturated heterocycles. The second-order valence-electron chi connectivity index (χ2n) is 9.57. The van der Waals surface area contributed by atoms with Crippen molar-refractivity contribution in [3.05, 3.63) is 82.7 Å². The predicted octanol–water partition coefficient (Wildman–Crippen LogP) is 3.61. The maximum atomic E-state index is 13.9. The van der Waals surface area contributed by atoms with Crippen LogP contribution in [-0.4, -0.2) is 65.8 Å². The normalized spacial score (nSPS) is 21.6. The predicted molar refractivity (Wildman–Crippen MR) is 134 cm³/mol. The van der Waals surface area contributed by atoms with Crippen LogP contribution < -0.4 is 5.43 Å². The smallest absolute Gasteiger partial charge is 0.449 e. The molecule has 0 saturated carbocycles. The van der Waals surface area contributed by atoms with Crippen molar-refractivity contribution in [1.82, 2.24) is 15.3 Å². The molecular formula is C28H29F2N3O6. The number of nitrogens with one attached hydrogen (secondary N) is 1. The Kier molecular flexibility index (Phi) is 7.51. The molecule has 9 nitrogen and oxygen atoms in total. The fourth-order valence-electron chi connectivity index (χ4n) is 5.62. The number of benzene rings is 2. The summed E-state index contributed by atoms with van der Waals surface area (Å²) in [5, 5.41) is 1.65. The number of hydrogen-bond donors (Lipinski definition) is 1.